The Labute approximate surface area is 109 Å². The van der Waals surface area contributed by atoms with Crippen molar-refractivity contribution in [2.45, 2.75) is 12.3 Å². The zero-order chi connectivity index (χ0) is 13.5. The van der Waals surface area contributed by atoms with Crippen molar-refractivity contribution in [3.05, 3.63) is 24.3 Å². The van der Waals surface area contributed by atoms with Crippen LogP contribution in [0.1, 0.15) is 18.2 Å². The van der Waals surface area contributed by atoms with Crippen molar-refractivity contribution in [1.82, 2.24) is 15.1 Å². The van der Waals surface area contributed by atoms with E-state index in [1.165, 1.54) is 18.5 Å². The van der Waals surface area contributed by atoms with Crippen molar-refractivity contribution < 1.29 is 18.0 Å². The molecule has 3 heterocycles. The summed E-state index contributed by atoms with van der Waals surface area (Å²) >= 11 is 0. The van der Waals surface area contributed by atoms with E-state index in [9.17, 15) is 13.5 Å². The van der Waals surface area contributed by atoms with Crippen molar-refractivity contribution in [1.29, 1.82) is 0 Å². The third-order valence-electron chi connectivity index (χ3n) is 3.01. The van der Waals surface area contributed by atoms with Crippen LogP contribution in [0.2, 0.25) is 0 Å². The molecular weight excluding hydrogens is 270 g/mol. The molecular formula is C11H11N3O4S. The van der Waals surface area contributed by atoms with Crippen molar-refractivity contribution in [3.63, 3.8) is 0 Å². The molecule has 0 radical (unpaired) electrons. The van der Waals surface area contributed by atoms with Gasteiger partial charge < -0.3 is 9.63 Å². The van der Waals surface area contributed by atoms with Gasteiger partial charge >= 0.3 is 0 Å². The first-order valence-corrected chi connectivity index (χ1v) is 7.54. The number of hydrogen-bond donors (Lipinski definition) is 1. The molecule has 0 saturated carbocycles. The van der Waals surface area contributed by atoms with Gasteiger partial charge in [0.1, 0.15) is 5.75 Å². The second-order valence-electron chi connectivity index (χ2n) is 4.49. The van der Waals surface area contributed by atoms with E-state index in [0.29, 0.717) is 17.8 Å². The molecule has 19 heavy (non-hydrogen) atoms. The zero-order valence-electron chi connectivity index (χ0n) is 9.85. The molecule has 0 amide bonds. The van der Waals surface area contributed by atoms with Gasteiger partial charge in [-0.15, -0.1) is 0 Å². The predicted molar refractivity (Wildman–Crippen MR) is 65.2 cm³/mol. The Bertz CT molecular complexity index is 710. The molecule has 2 aromatic heterocycles. The number of aromatic nitrogens is 3. The number of nitrogens with zero attached hydrogens (tertiary/aromatic N) is 3. The molecule has 1 aliphatic rings. The van der Waals surface area contributed by atoms with Gasteiger partial charge in [0.15, 0.2) is 15.7 Å². The van der Waals surface area contributed by atoms with E-state index >= 15 is 0 Å². The fourth-order valence-electron chi connectivity index (χ4n) is 2.06. The van der Waals surface area contributed by atoms with E-state index in [0.717, 1.165) is 0 Å². The fourth-order valence-corrected chi connectivity index (χ4v) is 3.80. The first kappa shape index (κ1) is 12.1. The van der Waals surface area contributed by atoms with Crippen molar-refractivity contribution in [3.8, 4) is 17.2 Å². The van der Waals surface area contributed by atoms with Crippen LogP contribution in [-0.4, -0.2) is 40.2 Å². The lowest BCUT2D eigenvalue weighted by Gasteiger charge is -1.98. The quantitative estimate of drug-likeness (QED) is 0.865. The highest BCUT2D eigenvalue weighted by atomic mass is 32.2. The lowest BCUT2D eigenvalue weighted by Crippen LogP contribution is -2.05. The Morgan fingerprint density at radius 1 is 1.37 bits per heavy atom. The number of sulfone groups is 1. The lowest BCUT2D eigenvalue weighted by molar-refractivity contribution is 0.417. The van der Waals surface area contributed by atoms with Crippen LogP contribution < -0.4 is 0 Å². The Kier molecular flexibility index (Phi) is 2.74. The van der Waals surface area contributed by atoms with Crippen LogP contribution in [0.4, 0.5) is 0 Å². The Balaban J connectivity index is 1.88. The molecule has 1 atom stereocenters. The van der Waals surface area contributed by atoms with Crippen molar-refractivity contribution in [2.24, 2.45) is 0 Å². The van der Waals surface area contributed by atoms with E-state index in [4.69, 9.17) is 4.52 Å². The maximum atomic E-state index is 11.4. The van der Waals surface area contributed by atoms with Crippen LogP contribution in [0.5, 0.6) is 5.75 Å². The van der Waals surface area contributed by atoms with Crippen LogP contribution in [0.3, 0.4) is 0 Å². The van der Waals surface area contributed by atoms with Gasteiger partial charge in [-0.05, 0) is 12.5 Å². The monoisotopic (exact) mass is 281 g/mol. The number of pyridine rings is 1. The average Bonchev–Trinajstić information content (AvgIpc) is 2.95. The summed E-state index contributed by atoms with van der Waals surface area (Å²) in [5.74, 6) is 0.620. The van der Waals surface area contributed by atoms with Crippen LogP contribution in [0.25, 0.3) is 11.5 Å². The highest BCUT2D eigenvalue weighted by Gasteiger charge is 2.32. The normalized spacial score (nSPS) is 21.6. The summed E-state index contributed by atoms with van der Waals surface area (Å²) in [5, 5.41) is 13.1. The van der Waals surface area contributed by atoms with Gasteiger partial charge in [0.25, 0.3) is 5.89 Å². The number of rotatable bonds is 2. The van der Waals surface area contributed by atoms with Crippen molar-refractivity contribution >= 4 is 9.84 Å². The van der Waals surface area contributed by atoms with Gasteiger partial charge in [0.2, 0.25) is 0 Å². The zero-order valence-corrected chi connectivity index (χ0v) is 10.7. The van der Waals surface area contributed by atoms with Gasteiger partial charge in [-0.1, -0.05) is 5.16 Å². The SMILES string of the molecule is O=S1(=O)CCC(c2noc(-c3cncc(O)c3)n2)C1. The van der Waals surface area contributed by atoms with E-state index in [1.807, 2.05) is 0 Å². The lowest BCUT2D eigenvalue weighted by atomic mass is 10.1. The maximum absolute atomic E-state index is 11.4. The van der Waals surface area contributed by atoms with Gasteiger partial charge in [0, 0.05) is 12.1 Å². The fraction of sp³-hybridized carbons (Fsp3) is 0.364. The Morgan fingerprint density at radius 3 is 2.89 bits per heavy atom. The highest BCUT2D eigenvalue weighted by Crippen LogP contribution is 2.28. The molecule has 1 aliphatic heterocycles. The van der Waals surface area contributed by atoms with Crippen LogP contribution in [0.15, 0.2) is 23.0 Å². The van der Waals surface area contributed by atoms with Crippen LogP contribution in [-0.2, 0) is 9.84 Å². The van der Waals surface area contributed by atoms with Crippen molar-refractivity contribution in [2.75, 3.05) is 11.5 Å². The predicted octanol–water partition coefficient (Wildman–Crippen LogP) is 0.739. The molecule has 2 aromatic rings. The molecule has 8 heteroatoms. The van der Waals surface area contributed by atoms with Gasteiger partial charge in [-0.25, -0.2) is 8.42 Å². The summed E-state index contributed by atoms with van der Waals surface area (Å²) in [6.07, 6.45) is 3.30. The molecule has 0 bridgehead atoms. The van der Waals surface area contributed by atoms with E-state index in [-0.39, 0.29) is 29.1 Å². The van der Waals surface area contributed by atoms with Gasteiger partial charge in [-0.2, -0.15) is 4.98 Å². The first-order chi connectivity index (χ1) is 9.03. The minimum Gasteiger partial charge on any atom is -0.506 e. The molecule has 1 fully saturated rings. The molecule has 7 nitrogen and oxygen atoms in total. The summed E-state index contributed by atoms with van der Waals surface area (Å²) in [5.41, 5.74) is 0.500. The van der Waals surface area contributed by atoms with E-state index in [2.05, 4.69) is 15.1 Å². The topological polar surface area (TPSA) is 106 Å². The average molecular weight is 281 g/mol. The second kappa shape index (κ2) is 4.30. The summed E-state index contributed by atoms with van der Waals surface area (Å²) in [7, 11) is -2.98. The van der Waals surface area contributed by atoms with E-state index < -0.39 is 9.84 Å². The summed E-state index contributed by atoms with van der Waals surface area (Å²) in [4.78, 5) is 7.99. The first-order valence-electron chi connectivity index (χ1n) is 5.72. The number of hydrogen-bond acceptors (Lipinski definition) is 7. The van der Waals surface area contributed by atoms with Gasteiger partial charge in [-0.3, -0.25) is 4.98 Å². The molecule has 0 aliphatic carbocycles. The third-order valence-corrected chi connectivity index (χ3v) is 4.78. The maximum Gasteiger partial charge on any atom is 0.259 e. The number of aromatic hydroxyl groups is 1. The molecule has 0 aromatic carbocycles. The molecule has 100 valence electrons. The summed E-state index contributed by atoms with van der Waals surface area (Å²) in [6, 6.07) is 1.45. The Hall–Kier alpha value is -1.96. The minimum atomic E-state index is -2.98. The van der Waals surface area contributed by atoms with E-state index in [1.54, 1.807) is 0 Å². The summed E-state index contributed by atoms with van der Waals surface area (Å²) in [6.45, 7) is 0. The van der Waals surface area contributed by atoms with Crippen LogP contribution >= 0.6 is 0 Å². The largest absolute Gasteiger partial charge is 0.506 e. The Morgan fingerprint density at radius 2 is 2.21 bits per heavy atom. The molecule has 1 unspecified atom stereocenters. The smallest absolute Gasteiger partial charge is 0.259 e. The second-order valence-corrected chi connectivity index (χ2v) is 6.72. The highest BCUT2D eigenvalue weighted by molar-refractivity contribution is 7.91. The van der Waals surface area contributed by atoms with Gasteiger partial charge in [0.05, 0.1) is 23.3 Å². The van der Waals surface area contributed by atoms with Crippen LogP contribution in [0, 0.1) is 0 Å². The molecule has 0 spiro atoms. The molecule has 1 saturated heterocycles. The standard InChI is InChI=1S/C11H11N3O4S/c15-9-3-8(4-12-5-9)11-13-10(14-18-11)7-1-2-19(16,17)6-7/h3-5,7,15H,1-2,6H2. The third kappa shape index (κ3) is 2.43. The molecule has 1 N–H and O–H groups in total. The minimum absolute atomic E-state index is 0.000643. The summed E-state index contributed by atoms with van der Waals surface area (Å²) < 4.78 is 27.9. The molecule has 3 rings (SSSR count).